The van der Waals surface area contributed by atoms with Gasteiger partial charge in [0.05, 0.1) is 18.4 Å². The normalized spacial score (nSPS) is 15.1. The topological polar surface area (TPSA) is 47.9 Å². The molecule has 0 unspecified atom stereocenters. The lowest BCUT2D eigenvalue weighted by molar-refractivity contribution is 0.0515. The number of fused-ring (bicyclic) bond motifs is 1. The van der Waals surface area contributed by atoms with Gasteiger partial charge in [0.25, 0.3) is 0 Å². The van der Waals surface area contributed by atoms with Crippen LogP contribution in [0.15, 0.2) is 47.6 Å². The maximum absolute atomic E-state index is 12.9. The first kappa shape index (κ1) is 15.2. The van der Waals surface area contributed by atoms with E-state index in [-0.39, 0.29) is 5.56 Å². The fraction of sp³-hybridized carbons (Fsp3) is 0.222. The van der Waals surface area contributed by atoms with Crippen molar-refractivity contribution in [3.63, 3.8) is 0 Å². The Morgan fingerprint density at radius 3 is 2.65 bits per heavy atom. The summed E-state index contributed by atoms with van der Waals surface area (Å²) in [5.74, 6) is -0.200. The predicted octanol–water partition coefficient (Wildman–Crippen LogP) is 3.73. The second kappa shape index (κ2) is 6.60. The molecule has 3 rings (SSSR count). The van der Waals surface area contributed by atoms with Crippen LogP contribution >= 0.6 is 0 Å². The fourth-order valence-electron chi connectivity index (χ4n) is 2.60. The van der Waals surface area contributed by atoms with Crippen LogP contribution in [0.3, 0.4) is 0 Å². The lowest BCUT2D eigenvalue weighted by atomic mass is 9.90. The summed E-state index contributed by atoms with van der Waals surface area (Å²) in [5, 5.41) is 4.01. The maximum atomic E-state index is 12.9. The molecule has 0 aliphatic heterocycles. The number of halogens is 1. The summed E-state index contributed by atoms with van der Waals surface area (Å²) in [6.45, 7) is 0. The summed E-state index contributed by atoms with van der Waals surface area (Å²) in [6.07, 6.45) is 2.63. The summed E-state index contributed by atoms with van der Waals surface area (Å²) < 4.78 is 18.1. The van der Waals surface area contributed by atoms with Crippen LogP contribution < -0.4 is 4.74 Å². The second-order valence-electron chi connectivity index (χ2n) is 5.30. The lowest BCUT2D eigenvalue weighted by Crippen LogP contribution is -2.13. The van der Waals surface area contributed by atoms with E-state index in [1.54, 1.807) is 7.11 Å². The SMILES string of the molecule is COc1ccc2c(c1)CCC/C2=N\OC(=O)c1ccc(F)cc1. The largest absolute Gasteiger partial charge is 0.497 e. The van der Waals surface area contributed by atoms with Gasteiger partial charge >= 0.3 is 5.97 Å². The highest BCUT2D eigenvalue weighted by molar-refractivity contribution is 6.03. The minimum absolute atomic E-state index is 0.265. The van der Waals surface area contributed by atoms with Gasteiger partial charge in [-0.1, -0.05) is 5.16 Å². The molecule has 0 amide bonds. The molecular weight excluding hydrogens is 297 g/mol. The van der Waals surface area contributed by atoms with Crippen molar-refractivity contribution in [2.24, 2.45) is 5.16 Å². The summed E-state index contributed by atoms with van der Waals surface area (Å²) in [6, 6.07) is 10.9. The molecule has 5 heteroatoms. The summed E-state index contributed by atoms with van der Waals surface area (Å²) >= 11 is 0. The molecule has 2 aromatic rings. The molecule has 23 heavy (non-hydrogen) atoms. The van der Waals surface area contributed by atoms with Gasteiger partial charge in [0, 0.05) is 5.56 Å². The first-order chi connectivity index (χ1) is 11.2. The zero-order chi connectivity index (χ0) is 16.2. The highest BCUT2D eigenvalue weighted by Gasteiger charge is 2.17. The molecule has 0 aromatic heterocycles. The Bertz CT molecular complexity index is 753. The summed E-state index contributed by atoms with van der Waals surface area (Å²) in [5.41, 5.74) is 3.11. The fourth-order valence-corrected chi connectivity index (χ4v) is 2.60. The third-order valence-electron chi connectivity index (χ3n) is 3.80. The van der Waals surface area contributed by atoms with E-state index in [2.05, 4.69) is 5.16 Å². The monoisotopic (exact) mass is 313 g/mol. The molecule has 2 aromatic carbocycles. The summed E-state index contributed by atoms with van der Waals surface area (Å²) in [7, 11) is 1.63. The van der Waals surface area contributed by atoms with Crippen molar-refractivity contribution < 1.29 is 18.8 Å². The molecule has 0 bridgehead atoms. The molecule has 0 N–H and O–H groups in total. The molecule has 0 saturated heterocycles. The number of benzene rings is 2. The van der Waals surface area contributed by atoms with Crippen molar-refractivity contribution in [3.8, 4) is 5.75 Å². The Morgan fingerprint density at radius 2 is 1.91 bits per heavy atom. The van der Waals surface area contributed by atoms with Gasteiger partial charge in [-0.2, -0.15) is 0 Å². The van der Waals surface area contributed by atoms with Gasteiger partial charge in [0.1, 0.15) is 11.6 Å². The number of methoxy groups -OCH3 is 1. The number of aryl methyl sites for hydroxylation is 1. The van der Waals surface area contributed by atoms with Crippen LogP contribution in [-0.4, -0.2) is 18.8 Å². The molecule has 0 spiro atoms. The van der Waals surface area contributed by atoms with Gasteiger partial charge in [-0.25, -0.2) is 9.18 Å². The average molecular weight is 313 g/mol. The quantitative estimate of drug-likeness (QED) is 0.641. The average Bonchev–Trinajstić information content (AvgIpc) is 2.59. The van der Waals surface area contributed by atoms with Gasteiger partial charge in [0.15, 0.2) is 0 Å². The molecule has 0 radical (unpaired) electrons. The van der Waals surface area contributed by atoms with Crippen molar-refractivity contribution in [3.05, 3.63) is 65.0 Å². The Kier molecular flexibility index (Phi) is 4.37. The van der Waals surface area contributed by atoms with E-state index in [1.807, 2.05) is 18.2 Å². The van der Waals surface area contributed by atoms with E-state index in [4.69, 9.17) is 9.57 Å². The summed E-state index contributed by atoms with van der Waals surface area (Å²) in [4.78, 5) is 17.0. The molecule has 4 nitrogen and oxygen atoms in total. The van der Waals surface area contributed by atoms with E-state index < -0.39 is 11.8 Å². The zero-order valence-electron chi connectivity index (χ0n) is 12.7. The predicted molar refractivity (Wildman–Crippen MR) is 84.3 cm³/mol. The molecule has 1 aliphatic carbocycles. The highest BCUT2D eigenvalue weighted by Crippen LogP contribution is 2.26. The molecule has 0 atom stereocenters. The van der Waals surface area contributed by atoms with Crippen LogP contribution in [0.1, 0.15) is 34.3 Å². The van der Waals surface area contributed by atoms with Crippen molar-refractivity contribution in [1.82, 2.24) is 0 Å². The van der Waals surface area contributed by atoms with Crippen LogP contribution in [0.4, 0.5) is 4.39 Å². The van der Waals surface area contributed by atoms with Crippen molar-refractivity contribution in [2.75, 3.05) is 7.11 Å². The Balaban J connectivity index is 1.79. The van der Waals surface area contributed by atoms with Gasteiger partial charge < -0.3 is 9.57 Å². The first-order valence-electron chi connectivity index (χ1n) is 7.38. The molecule has 118 valence electrons. The van der Waals surface area contributed by atoms with Gasteiger partial charge in [0.2, 0.25) is 0 Å². The number of hydrogen-bond acceptors (Lipinski definition) is 4. The van der Waals surface area contributed by atoms with Crippen LogP contribution in [0.5, 0.6) is 5.75 Å². The van der Waals surface area contributed by atoms with E-state index in [9.17, 15) is 9.18 Å². The maximum Gasteiger partial charge on any atom is 0.365 e. The van der Waals surface area contributed by atoms with Crippen LogP contribution in [0, 0.1) is 5.82 Å². The number of rotatable bonds is 3. The number of hydrogen-bond donors (Lipinski definition) is 0. The van der Waals surface area contributed by atoms with Gasteiger partial charge in [-0.15, -0.1) is 0 Å². The third-order valence-corrected chi connectivity index (χ3v) is 3.80. The van der Waals surface area contributed by atoms with E-state index in [0.29, 0.717) is 0 Å². The van der Waals surface area contributed by atoms with Crippen molar-refractivity contribution in [1.29, 1.82) is 0 Å². The Hall–Kier alpha value is -2.69. The smallest absolute Gasteiger partial charge is 0.365 e. The van der Waals surface area contributed by atoms with Gasteiger partial charge in [-0.05, 0) is 67.3 Å². The minimum Gasteiger partial charge on any atom is -0.497 e. The van der Waals surface area contributed by atoms with Crippen LogP contribution in [0.25, 0.3) is 0 Å². The lowest BCUT2D eigenvalue weighted by Gasteiger charge is -2.17. The van der Waals surface area contributed by atoms with Crippen molar-refractivity contribution in [2.45, 2.75) is 19.3 Å². The molecule has 0 saturated carbocycles. The number of oxime groups is 1. The number of carbonyl (C=O) groups excluding carboxylic acids is 1. The van der Waals surface area contributed by atoms with E-state index in [0.717, 1.165) is 41.9 Å². The minimum atomic E-state index is -0.599. The molecule has 0 fully saturated rings. The molecule has 0 heterocycles. The first-order valence-corrected chi connectivity index (χ1v) is 7.38. The van der Waals surface area contributed by atoms with E-state index in [1.165, 1.54) is 24.3 Å². The standard InChI is InChI=1S/C18H16FNO3/c1-22-15-9-10-16-13(11-15)3-2-4-17(16)20-23-18(21)12-5-7-14(19)8-6-12/h5-11H,2-4H2,1H3/b20-17+. The van der Waals surface area contributed by atoms with Crippen LogP contribution in [-0.2, 0) is 11.3 Å². The Morgan fingerprint density at radius 1 is 1.13 bits per heavy atom. The van der Waals surface area contributed by atoms with Gasteiger partial charge in [-0.3, -0.25) is 0 Å². The number of carbonyl (C=O) groups is 1. The Labute approximate surface area is 133 Å². The van der Waals surface area contributed by atoms with E-state index >= 15 is 0 Å². The zero-order valence-corrected chi connectivity index (χ0v) is 12.7. The van der Waals surface area contributed by atoms with Crippen molar-refractivity contribution >= 4 is 11.7 Å². The molecule has 1 aliphatic rings. The van der Waals surface area contributed by atoms with Crippen LogP contribution in [0.2, 0.25) is 0 Å². The number of nitrogens with zero attached hydrogens (tertiary/aromatic N) is 1. The molecular formula is C18H16FNO3. The highest BCUT2D eigenvalue weighted by atomic mass is 19.1. The number of ether oxygens (including phenoxy) is 1. The third kappa shape index (κ3) is 3.39. The second-order valence-corrected chi connectivity index (χ2v) is 5.30.